The smallest absolute Gasteiger partial charge is 0.240 e. The van der Waals surface area contributed by atoms with Crippen LogP contribution in [0.15, 0.2) is 60.7 Å². The van der Waals surface area contributed by atoms with E-state index in [4.69, 9.17) is 12.2 Å². The zero-order chi connectivity index (χ0) is 16.1. The molecule has 3 heteroatoms. The van der Waals surface area contributed by atoms with Crippen LogP contribution in [-0.2, 0) is 13.0 Å². The molecule has 2 aromatic carbocycles. The Hall–Kier alpha value is -2.26. The highest BCUT2D eigenvalue weighted by Crippen LogP contribution is 2.29. The molecule has 3 aromatic rings. The number of benzene rings is 2. The minimum absolute atomic E-state index is 0.734. The number of aromatic amines is 1. The zero-order valence-electron chi connectivity index (χ0n) is 13.3. The Balaban J connectivity index is 2.26. The van der Waals surface area contributed by atoms with Gasteiger partial charge in [0.1, 0.15) is 6.54 Å². The van der Waals surface area contributed by atoms with Gasteiger partial charge in [0.05, 0.1) is 0 Å². The Labute approximate surface area is 142 Å². The Bertz CT molecular complexity index is 776. The standard InChI is InChI=1S/C20H20N2S/c1-2-9-18-21-19(16-10-5-3-6-11-16)20(22(18)14-15-23)17-12-7-4-8-13-17/h3-8,10-13,15H,2,9,14H2,1H3/p+1. The van der Waals surface area contributed by atoms with Gasteiger partial charge in [0.25, 0.3) is 5.82 Å². The van der Waals surface area contributed by atoms with E-state index in [1.807, 2.05) is 6.07 Å². The lowest BCUT2D eigenvalue weighted by atomic mass is 10.0. The molecule has 1 aromatic heterocycles. The summed E-state index contributed by atoms with van der Waals surface area (Å²) in [5.74, 6) is 1.23. The first-order chi connectivity index (χ1) is 11.3. The van der Waals surface area contributed by atoms with Gasteiger partial charge < -0.3 is 0 Å². The lowest BCUT2D eigenvalue weighted by Gasteiger charge is -2.04. The van der Waals surface area contributed by atoms with Crippen LogP contribution in [0.2, 0.25) is 0 Å². The fourth-order valence-electron chi connectivity index (χ4n) is 2.96. The summed E-state index contributed by atoms with van der Waals surface area (Å²) >= 11 is 5.15. The van der Waals surface area contributed by atoms with Gasteiger partial charge in [-0.25, -0.2) is 9.55 Å². The molecule has 1 heterocycles. The molecule has 0 unspecified atom stereocenters. The number of H-pyrrole nitrogens is 1. The van der Waals surface area contributed by atoms with Crippen LogP contribution >= 0.6 is 12.2 Å². The first-order valence-corrected chi connectivity index (χ1v) is 8.51. The third-order valence-corrected chi connectivity index (χ3v) is 4.10. The van der Waals surface area contributed by atoms with Gasteiger partial charge in [-0.15, -0.1) is 0 Å². The van der Waals surface area contributed by atoms with Crippen LogP contribution in [0.3, 0.4) is 0 Å². The van der Waals surface area contributed by atoms with Gasteiger partial charge in [-0.3, -0.25) is 0 Å². The van der Waals surface area contributed by atoms with E-state index in [9.17, 15) is 0 Å². The van der Waals surface area contributed by atoms with E-state index in [2.05, 4.69) is 71.1 Å². The van der Waals surface area contributed by atoms with Crippen molar-refractivity contribution in [1.82, 2.24) is 4.98 Å². The summed E-state index contributed by atoms with van der Waals surface area (Å²) in [6.07, 6.45) is 2.11. The van der Waals surface area contributed by atoms with Gasteiger partial charge in [0.2, 0.25) is 0 Å². The van der Waals surface area contributed by atoms with Crippen molar-refractivity contribution in [2.45, 2.75) is 26.3 Å². The molecule has 0 aliphatic carbocycles. The van der Waals surface area contributed by atoms with Crippen LogP contribution in [0.25, 0.3) is 22.5 Å². The van der Waals surface area contributed by atoms with Crippen LogP contribution in [-0.4, -0.2) is 10.4 Å². The number of imidazole rings is 1. The third-order valence-electron chi connectivity index (χ3n) is 3.96. The summed E-state index contributed by atoms with van der Waals surface area (Å²) in [4.78, 5) is 3.65. The van der Waals surface area contributed by atoms with Crippen LogP contribution in [0, 0.1) is 0 Å². The molecule has 23 heavy (non-hydrogen) atoms. The van der Waals surface area contributed by atoms with E-state index in [0.717, 1.165) is 25.1 Å². The van der Waals surface area contributed by atoms with Crippen molar-refractivity contribution in [2.24, 2.45) is 0 Å². The normalized spacial score (nSPS) is 10.7. The predicted molar refractivity (Wildman–Crippen MR) is 99.5 cm³/mol. The Morgan fingerprint density at radius 3 is 2.13 bits per heavy atom. The summed E-state index contributed by atoms with van der Waals surface area (Å²) in [7, 11) is 0. The van der Waals surface area contributed by atoms with Crippen molar-refractivity contribution in [3.05, 3.63) is 66.5 Å². The summed E-state index contributed by atoms with van der Waals surface area (Å²) in [6, 6.07) is 21.0. The molecule has 3 rings (SSSR count). The number of hydrogen-bond donors (Lipinski definition) is 1. The zero-order valence-corrected chi connectivity index (χ0v) is 14.1. The highest BCUT2D eigenvalue weighted by atomic mass is 32.1. The Morgan fingerprint density at radius 1 is 0.957 bits per heavy atom. The predicted octanol–water partition coefficient (Wildman–Crippen LogP) is 4.59. The molecule has 0 amide bonds. The summed E-state index contributed by atoms with van der Waals surface area (Å²) in [5, 5.41) is 1.80. The molecule has 2 nitrogen and oxygen atoms in total. The van der Waals surface area contributed by atoms with Gasteiger partial charge in [-0.1, -0.05) is 79.8 Å². The maximum absolute atomic E-state index is 5.15. The highest BCUT2D eigenvalue weighted by molar-refractivity contribution is 7.78. The fraction of sp³-hybridized carbons (Fsp3) is 0.200. The van der Waals surface area contributed by atoms with Crippen molar-refractivity contribution in [3.63, 3.8) is 0 Å². The van der Waals surface area contributed by atoms with Crippen molar-refractivity contribution >= 4 is 17.6 Å². The van der Waals surface area contributed by atoms with Crippen molar-refractivity contribution in [1.29, 1.82) is 0 Å². The van der Waals surface area contributed by atoms with Crippen LogP contribution in [0.1, 0.15) is 19.2 Å². The molecule has 116 valence electrons. The van der Waals surface area contributed by atoms with Crippen LogP contribution in [0.4, 0.5) is 0 Å². The monoisotopic (exact) mass is 321 g/mol. The van der Waals surface area contributed by atoms with E-state index >= 15 is 0 Å². The fourth-order valence-corrected chi connectivity index (χ4v) is 3.11. The average Bonchev–Trinajstić information content (AvgIpc) is 2.96. The molecule has 1 N–H and O–H groups in total. The minimum Gasteiger partial charge on any atom is -0.240 e. The number of aromatic nitrogens is 2. The second-order valence-corrected chi connectivity index (χ2v) is 5.89. The molecular formula is C20H21N2S+. The minimum atomic E-state index is 0.734. The van der Waals surface area contributed by atoms with E-state index in [1.165, 1.54) is 22.6 Å². The molecule has 0 fully saturated rings. The van der Waals surface area contributed by atoms with Gasteiger partial charge in [-0.2, -0.15) is 0 Å². The maximum atomic E-state index is 5.15. The van der Waals surface area contributed by atoms with E-state index in [-0.39, 0.29) is 0 Å². The number of aryl methyl sites for hydroxylation is 1. The van der Waals surface area contributed by atoms with Crippen LogP contribution in [0.5, 0.6) is 0 Å². The molecule has 0 radical (unpaired) electrons. The molecule has 0 bridgehead atoms. The molecular weight excluding hydrogens is 300 g/mol. The number of nitrogens with zero attached hydrogens (tertiary/aromatic N) is 1. The van der Waals surface area contributed by atoms with E-state index < -0.39 is 0 Å². The average molecular weight is 321 g/mol. The third kappa shape index (κ3) is 3.25. The van der Waals surface area contributed by atoms with Crippen LogP contribution < -0.4 is 4.57 Å². The van der Waals surface area contributed by atoms with Gasteiger partial charge in [0, 0.05) is 22.9 Å². The molecule has 0 aliphatic rings. The molecule has 0 saturated carbocycles. The Morgan fingerprint density at radius 2 is 1.57 bits per heavy atom. The van der Waals surface area contributed by atoms with E-state index in [1.54, 1.807) is 5.37 Å². The summed E-state index contributed by atoms with van der Waals surface area (Å²) in [5.41, 5.74) is 4.78. The topological polar surface area (TPSA) is 19.7 Å². The quantitative estimate of drug-likeness (QED) is 0.520. The first-order valence-electron chi connectivity index (χ1n) is 8.04. The molecule has 0 spiro atoms. The highest BCUT2D eigenvalue weighted by Gasteiger charge is 2.25. The van der Waals surface area contributed by atoms with Crippen molar-refractivity contribution in [3.8, 4) is 22.5 Å². The molecule has 0 saturated heterocycles. The lowest BCUT2D eigenvalue weighted by molar-refractivity contribution is -0.676. The van der Waals surface area contributed by atoms with Crippen molar-refractivity contribution in [2.75, 3.05) is 0 Å². The summed E-state index contributed by atoms with van der Waals surface area (Å²) in [6.45, 7) is 2.94. The van der Waals surface area contributed by atoms with Gasteiger partial charge in [0.15, 0.2) is 11.4 Å². The molecule has 0 atom stereocenters. The largest absolute Gasteiger partial charge is 0.255 e. The number of nitrogens with one attached hydrogen (secondary N) is 1. The second kappa shape index (κ2) is 7.34. The number of rotatable bonds is 6. The first kappa shape index (κ1) is 15.6. The molecule has 0 aliphatic heterocycles. The van der Waals surface area contributed by atoms with Gasteiger partial charge in [-0.05, 0) is 6.42 Å². The number of hydrogen-bond acceptors (Lipinski definition) is 1. The Kier molecular flexibility index (Phi) is 4.99. The van der Waals surface area contributed by atoms with Crippen molar-refractivity contribution < 1.29 is 4.57 Å². The number of thiocarbonyl (C=S) groups is 1. The SMILES string of the molecule is CCCc1[nH]c(-c2ccccc2)c(-c2ccccc2)[n+]1CC=S. The van der Waals surface area contributed by atoms with Gasteiger partial charge >= 0.3 is 0 Å². The second-order valence-electron chi connectivity index (χ2n) is 5.55. The summed E-state index contributed by atoms with van der Waals surface area (Å²) < 4.78 is 2.31. The maximum Gasteiger partial charge on any atom is 0.255 e. The lowest BCUT2D eigenvalue weighted by Crippen LogP contribution is -2.39. The van der Waals surface area contributed by atoms with E-state index in [0.29, 0.717) is 0 Å².